The van der Waals surface area contributed by atoms with Crippen LogP contribution < -0.4 is 5.32 Å². The minimum absolute atomic E-state index is 0.560. The van der Waals surface area contributed by atoms with Crippen molar-refractivity contribution >= 4 is 52.2 Å². The molecule has 1 aromatic heterocycles. The number of imidazole rings is 1. The van der Waals surface area contributed by atoms with Crippen molar-refractivity contribution in [3.63, 3.8) is 0 Å². The number of carbonyl (C=O) groups excluding carboxylic acids is 1. The fourth-order valence-electron chi connectivity index (χ4n) is 1.97. The Bertz CT molecular complexity index is 874. The van der Waals surface area contributed by atoms with Gasteiger partial charge in [0.2, 0.25) is 12.2 Å². The average molecular weight is 390 g/mol. The van der Waals surface area contributed by atoms with E-state index in [1.165, 1.54) is 0 Å². The van der Waals surface area contributed by atoms with E-state index in [-0.39, 0.29) is 0 Å². The molecule has 0 unspecified atom stereocenters. The highest BCUT2D eigenvalue weighted by molar-refractivity contribution is 6.39. The fraction of sp³-hybridized carbons (Fsp3) is 0.125. The lowest BCUT2D eigenvalue weighted by Crippen LogP contribution is -2.07. The second-order valence-corrected chi connectivity index (χ2v) is 5.75. The highest BCUT2D eigenvalue weighted by atomic mass is 35.5. The van der Waals surface area contributed by atoms with E-state index in [1.807, 2.05) is 25.1 Å². The number of nitrogens with zero attached hydrogens (tertiary/aromatic N) is 1. The first-order chi connectivity index (χ1) is 11.7. The molecule has 2 aromatic carbocycles. The van der Waals surface area contributed by atoms with Crippen LogP contribution in [0.1, 0.15) is 5.56 Å². The third-order valence-corrected chi connectivity index (χ3v) is 3.68. The van der Waals surface area contributed by atoms with Crippen molar-refractivity contribution in [2.24, 2.45) is 0 Å². The Morgan fingerprint density at radius 1 is 1.12 bits per heavy atom. The fourth-order valence-corrected chi connectivity index (χ4v) is 2.46. The number of benzene rings is 2. The van der Waals surface area contributed by atoms with E-state index in [9.17, 15) is 13.2 Å². The zero-order valence-electron chi connectivity index (χ0n) is 12.8. The van der Waals surface area contributed by atoms with Crippen molar-refractivity contribution in [1.82, 2.24) is 9.97 Å². The van der Waals surface area contributed by atoms with Gasteiger partial charge in [0.1, 0.15) is 0 Å². The van der Waals surface area contributed by atoms with Gasteiger partial charge >= 0.3 is 6.18 Å². The van der Waals surface area contributed by atoms with E-state index >= 15 is 0 Å². The Balaban J connectivity index is 0.000000326. The van der Waals surface area contributed by atoms with Gasteiger partial charge < -0.3 is 10.3 Å². The number of aromatic amines is 1. The number of hydrogen-bond donors (Lipinski definition) is 2. The molecule has 9 heteroatoms. The van der Waals surface area contributed by atoms with Gasteiger partial charge in [-0.2, -0.15) is 13.2 Å². The van der Waals surface area contributed by atoms with Gasteiger partial charge in [-0.05, 0) is 30.7 Å². The lowest BCUT2D eigenvalue weighted by Gasteiger charge is -2.06. The Morgan fingerprint density at radius 2 is 1.68 bits per heavy atom. The maximum absolute atomic E-state index is 10.4. The zero-order valence-corrected chi connectivity index (χ0v) is 14.3. The van der Waals surface area contributed by atoms with Crippen molar-refractivity contribution in [2.75, 3.05) is 5.32 Å². The first-order valence-electron chi connectivity index (χ1n) is 6.90. The second-order valence-electron chi connectivity index (χ2n) is 4.94. The van der Waals surface area contributed by atoms with Crippen molar-refractivity contribution in [3.8, 4) is 0 Å². The molecule has 0 saturated carbocycles. The minimum atomic E-state index is -4.64. The molecule has 0 fully saturated rings. The number of rotatable bonds is 2. The molecule has 0 bridgehead atoms. The maximum atomic E-state index is 10.4. The summed E-state index contributed by atoms with van der Waals surface area (Å²) in [6, 6.07) is 11.4. The highest BCUT2D eigenvalue weighted by Gasteiger charge is 2.24. The summed E-state index contributed by atoms with van der Waals surface area (Å²) in [7, 11) is 0. The van der Waals surface area contributed by atoms with Gasteiger partial charge in [0, 0.05) is 0 Å². The summed E-state index contributed by atoms with van der Waals surface area (Å²) < 4.78 is 31.2. The van der Waals surface area contributed by atoms with Gasteiger partial charge in [0.25, 0.3) is 0 Å². The standard InChI is InChI=1S/C14H11Cl2N3.C2HF3O/c1-8-4-2-7-11-12(8)18-14(17-11)19-13-9(15)5-3-6-10(13)16;3-2(4,5)1-6/h2-7H,1H3,(H2,17,18,19);1H. The molecule has 0 aliphatic heterocycles. The molecule has 3 aromatic rings. The monoisotopic (exact) mass is 389 g/mol. The van der Waals surface area contributed by atoms with Gasteiger partial charge in [-0.15, -0.1) is 0 Å². The number of hydrogen-bond acceptors (Lipinski definition) is 3. The van der Waals surface area contributed by atoms with Gasteiger partial charge in [-0.1, -0.05) is 41.4 Å². The van der Waals surface area contributed by atoms with Crippen molar-refractivity contribution in [2.45, 2.75) is 13.1 Å². The van der Waals surface area contributed by atoms with Gasteiger partial charge in [0.15, 0.2) is 0 Å². The van der Waals surface area contributed by atoms with Crippen LogP contribution in [0.2, 0.25) is 10.0 Å². The molecule has 0 atom stereocenters. The number of fused-ring (bicyclic) bond motifs is 1. The molecule has 4 nitrogen and oxygen atoms in total. The van der Waals surface area contributed by atoms with E-state index in [2.05, 4.69) is 15.3 Å². The largest absolute Gasteiger partial charge is 0.446 e. The number of aldehydes is 1. The number of nitrogens with one attached hydrogen (secondary N) is 2. The van der Waals surface area contributed by atoms with Crippen LogP contribution in [0, 0.1) is 6.92 Å². The molecule has 3 rings (SSSR count). The van der Waals surface area contributed by atoms with Crippen LogP contribution in [0.15, 0.2) is 36.4 Å². The molecular formula is C16H12Cl2F3N3O. The molecule has 0 radical (unpaired) electrons. The molecule has 0 aliphatic rings. The second kappa shape index (κ2) is 7.76. The van der Waals surface area contributed by atoms with Gasteiger partial charge in [-0.3, -0.25) is 4.79 Å². The number of carbonyl (C=O) groups is 1. The van der Waals surface area contributed by atoms with Crippen LogP contribution >= 0.6 is 23.2 Å². The third-order valence-electron chi connectivity index (χ3n) is 3.05. The number of H-pyrrole nitrogens is 1. The number of aryl methyl sites for hydroxylation is 1. The molecule has 0 aliphatic carbocycles. The Kier molecular flexibility index (Phi) is 5.92. The summed E-state index contributed by atoms with van der Waals surface area (Å²) in [6.07, 6.45) is -5.70. The van der Waals surface area contributed by atoms with E-state index in [0.717, 1.165) is 16.6 Å². The van der Waals surface area contributed by atoms with Crippen LogP contribution in [0.4, 0.5) is 24.8 Å². The number of para-hydroxylation sites is 2. The number of alkyl halides is 3. The van der Waals surface area contributed by atoms with Gasteiger partial charge in [0.05, 0.1) is 26.8 Å². The molecule has 1 heterocycles. The van der Waals surface area contributed by atoms with Crippen LogP contribution in [0.5, 0.6) is 0 Å². The molecule has 0 saturated heterocycles. The zero-order chi connectivity index (χ0) is 18.6. The normalized spacial score (nSPS) is 11.0. The summed E-state index contributed by atoms with van der Waals surface area (Å²) in [5.74, 6) is 0.624. The first-order valence-corrected chi connectivity index (χ1v) is 7.66. The topological polar surface area (TPSA) is 57.8 Å². The third kappa shape index (κ3) is 5.11. The number of anilines is 2. The van der Waals surface area contributed by atoms with Crippen LogP contribution in [-0.2, 0) is 4.79 Å². The van der Waals surface area contributed by atoms with Crippen molar-refractivity contribution < 1.29 is 18.0 Å². The van der Waals surface area contributed by atoms with E-state index in [1.54, 1.807) is 18.2 Å². The molecule has 132 valence electrons. The summed E-state index contributed by atoms with van der Waals surface area (Å²) in [5.41, 5.74) is 3.69. The lowest BCUT2D eigenvalue weighted by atomic mass is 10.2. The predicted molar refractivity (Wildman–Crippen MR) is 92.7 cm³/mol. The summed E-state index contributed by atoms with van der Waals surface area (Å²) >= 11 is 12.2. The summed E-state index contributed by atoms with van der Waals surface area (Å²) in [6.45, 7) is 2.02. The highest BCUT2D eigenvalue weighted by Crippen LogP contribution is 2.32. The quantitative estimate of drug-likeness (QED) is 0.555. The molecule has 25 heavy (non-hydrogen) atoms. The summed E-state index contributed by atoms with van der Waals surface area (Å²) in [4.78, 5) is 16.4. The summed E-state index contributed by atoms with van der Waals surface area (Å²) in [5, 5.41) is 4.25. The maximum Gasteiger partial charge on any atom is 0.446 e. The SMILES string of the molecule is Cc1cccc2[nH]c(Nc3c(Cl)cccc3Cl)nc12.O=CC(F)(F)F. The Hall–Kier alpha value is -2.25. The van der Waals surface area contributed by atoms with Crippen LogP contribution in [0.25, 0.3) is 11.0 Å². The molecule has 0 amide bonds. The van der Waals surface area contributed by atoms with Crippen molar-refractivity contribution in [1.29, 1.82) is 0 Å². The Labute approximate surface area is 151 Å². The van der Waals surface area contributed by atoms with Gasteiger partial charge in [-0.25, -0.2) is 4.98 Å². The van der Waals surface area contributed by atoms with E-state index < -0.39 is 12.5 Å². The van der Waals surface area contributed by atoms with E-state index in [4.69, 9.17) is 28.0 Å². The molecule has 2 N–H and O–H groups in total. The van der Waals surface area contributed by atoms with Crippen LogP contribution in [0.3, 0.4) is 0 Å². The van der Waals surface area contributed by atoms with Crippen molar-refractivity contribution in [3.05, 3.63) is 52.0 Å². The number of halogens is 5. The smallest absolute Gasteiger partial charge is 0.324 e. The lowest BCUT2D eigenvalue weighted by molar-refractivity contribution is -0.156. The average Bonchev–Trinajstić information content (AvgIpc) is 2.95. The molecular weight excluding hydrogens is 378 g/mol. The number of aromatic nitrogens is 2. The molecule has 0 spiro atoms. The van der Waals surface area contributed by atoms with E-state index in [0.29, 0.717) is 21.7 Å². The predicted octanol–water partition coefficient (Wildman–Crippen LogP) is 5.67. The minimum Gasteiger partial charge on any atom is -0.324 e. The Morgan fingerprint density at radius 3 is 2.20 bits per heavy atom. The van der Waals surface area contributed by atoms with Crippen LogP contribution in [-0.4, -0.2) is 22.4 Å². The first kappa shape index (κ1) is 19.1.